The Balaban J connectivity index is 2.84. The number of hydrogen-bond acceptors (Lipinski definition) is 3. The van der Waals surface area contributed by atoms with Gasteiger partial charge in [0, 0.05) is 22.7 Å². The van der Waals surface area contributed by atoms with Crippen LogP contribution >= 0.6 is 11.6 Å². The summed E-state index contributed by atoms with van der Waals surface area (Å²) in [5.74, 6) is 0. The Bertz CT molecular complexity index is 618. The zero-order valence-corrected chi connectivity index (χ0v) is 9.19. The Labute approximate surface area is 96.0 Å². The first kappa shape index (κ1) is 10.7. The average molecular weight is 238 g/mol. The SMILES string of the molecule is COC(=O)n1ccc(=O)c2cc(Cl)ccc21. The molecule has 0 aliphatic heterocycles. The Morgan fingerprint density at radius 2 is 2.12 bits per heavy atom. The van der Waals surface area contributed by atoms with Gasteiger partial charge in [-0.1, -0.05) is 11.6 Å². The van der Waals surface area contributed by atoms with Gasteiger partial charge in [0.15, 0.2) is 5.43 Å². The molecule has 0 unspecified atom stereocenters. The van der Waals surface area contributed by atoms with Gasteiger partial charge < -0.3 is 4.74 Å². The van der Waals surface area contributed by atoms with E-state index in [9.17, 15) is 9.59 Å². The molecule has 0 spiro atoms. The van der Waals surface area contributed by atoms with E-state index < -0.39 is 6.09 Å². The lowest BCUT2D eigenvalue weighted by Gasteiger charge is -2.07. The molecule has 1 aromatic carbocycles. The van der Waals surface area contributed by atoms with Crippen molar-refractivity contribution in [2.24, 2.45) is 0 Å². The molecule has 1 aromatic heterocycles. The fourth-order valence-electron chi connectivity index (χ4n) is 1.49. The molecule has 0 saturated carbocycles. The van der Waals surface area contributed by atoms with Crippen molar-refractivity contribution in [1.29, 1.82) is 0 Å². The smallest absolute Gasteiger partial charge is 0.418 e. The fraction of sp³-hybridized carbons (Fsp3) is 0.0909. The molecule has 0 amide bonds. The van der Waals surface area contributed by atoms with Crippen molar-refractivity contribution in [3.63, 3.8) is 0 Å². The van der Waals surface area contributed by atoms with Gasteiger partial charge in [-0.15, -0.1) is 0 Å². The maximum Gasteiger partial charge on any atom is 0.418 e. The van der Waals surface area contributed by atoms with Crippen LogP contribution in [0, 0.1) is 0 Å². The summed E-state index contributed by atoms with van der Waals surface area (Å²) < 4.78 is 5.86. The Morgan fingerprint density at radius 1 is 1.38 bits per heavy atom. The standard InChI is InChI=1S/C11H8ClNO3/c1-16-11(15)13-5-4-10(14)8-6-7(12)2-3-9(8)13/h2-6H,1H3. The number of rotatable bonds is 0. The highest BCUT2D eigenvalue weighted by Crippen LogP contribution is 2.16. The molecular weight excluding hydrogens is 230 g/mol. The molecule has 0 fully saturated rings. The summed E-state index contributed by atoms with van der Waals surface area (Å²) in [6, 6.07) is 6.05. The summed E-state index contributed by atoms with van der Waals surface area (Å²) in [5.41, 5.74) is 0.293. The van der Waals surface area contributed by atoms with Gasteiger partial charge >= 0.3 is 6.09 Å². The van der Waals surface area contributed by atoms with E-state index in [-0.39, 0.29) is 5.43 Å². The highest BCUT2D eigenvalue weighted by molar-refractivity contribution is 6.31. The van der Waals surface area contributed by atoms with Crippen molar-refractivity contribution in [2.45, 2.75) is 0 Å². The first-order valence-corrected chi connectivity index (χ1v) is 4.90. The van der Waals surface area contributed by atoms with Gasteiger partial charge in [0.25, 0.3) is 0 Å². The average Bonchev–Trinajstić information content (AvgIpc) is 2.29. The second kappa shape index (κ2) is 3.98. The number of methoxy groups -OCH3 is 1. The first-order chi connectivity index (χ1) is 7.63. The highest BCUT2D eigenvalue weighted by atomic mass is 35.5. The highest BCUT2D eigenvalue weighted by Gasteiger charge is 2.09. The number of ether oxygens (including phenoxy) is 1. The number of nitrogens with zero attached hydrogens (tertiary/aromatic N) is 1. The van der Waals surface area contributed by atoms with Gasteiger partial charge in [-0.05, 0) is 18.2 Å². The molecule has 0 aliphatic carbocycles. The number of halogens is 1. The van der Waals surface area contributed by atoms with Crippen LogP contribution in [-0.2, 0) is 4.74 Å². The lowest BCUT2D eigenvalue weighted by Crippen LogP contribution is -2.15. The van der Waals surface area contributed by atoms with Crippen LogP contribution in [0.1, 0.15) is 0 Å². The molecule has 82 valence electrons. The Kier molecular flexibility index (Phi) is 2.66. The Hall–Kier alpha value is -1.81. The molecule has 0 N–H and O–H groups in total. The predicted molar refractivity (Wildman–Crippen MR) is 61.0 cm³/mol. The molecule has 0 aliphatic rings. The molecule has 4 nitrogen and oxygen atoms in total. The van der Waals surface area contributed by atoms with Crippen LogP contribution in [0.5, 0.6) is 0 Å². The van der Waals surface area contributed by atoms with E-state index in [1.54, 1.807) is 12.1 Å². The van der Waals surface area contributed by atoms with Gasteiger partial charge in [0.05, 0.1) is 12.6 Å². The molecule has 16 heavy (non-hydrogen) atoms. The maximum absolute atomic E-state index is 11.6. The number of fused-ring (bicyclic) bond motifs is 1. The monoisotopic (exact) mass is 237 g/mol. The fourth-order valence-corrected chi connectivity index (χ4v) is 1.66. The third-order valence-corrected chi connectivity index (χ3v) is 2.46. The van der Waals surface area contributed by atoms with Gasteiger partial charge in [0.1, 0.15) is 0 Å². The second-order valence-corrected chi connectivity index (χ2v) is 3.62. The van der Waals surface area contributed by atoms with Crippen molar-refractivity contribution in [1.82, 2.24) is 4.57 Å². The summed E-state index contributed by atoms with van der Waals surface area (Å²) in [6.45, 7) is 0. The molecule has 2 aromatic rings. The van der Waals surface area contributed by atoms with Crippen LogP contribution in [0.15, 0.2) is 35.3 Å². The van der Waals surface area contributed by atoms with Crippen LogP contribution in [0.25, 0.3) is 10.9 Å². The molecule has 0 saturated heterocycles. The quantitative estimate of drug-likeness (QED) is 0.706. The topological polar surface area (TPSA) is 48.3 Å². The molecule has 1 heterocycles. The van der Waals surface area contributed by atoms with Crippen LogP contribution < -0.4 is 5.43 Å². The third kappa shape index (κ3) is 1.67. The summed E-state index contributed by atoms with van der Waals surface area (Å²) in [5, 5.41) is 0.840. The van der Waals surface area contributed by atoms with E-state index in [1.165, 1.54) is 30.0 Å². The van der Waals surface area contributed by atoms with Crippen molar-refractivity contribution >= 4 is 28.6 Å². The number of carbonyl (C=O) groups is 1. The summed E-state index contributed by atoms with van der Waals surface area (Å²) >= 11 is 5.79. The van der Waals surface area contributed by atoms with Gasteiger partial charge in [-0.3, -0.25) is 9.36 Å². The van der Waals surface area contributed by atoms with Crippen LogP contribution in [0.2, 0.25) is 5.02 Å². The van der Waals surface area contributed by atoms with Gasteiger partial charge in [-0.25, -0.2) is 4.79 Å². The number of carbonyl (C=O) groups excluding carboxylic acids is 1. The van der Waals surface area contributed by atoms with Crippen molar-refractivity contribution in [3.05, 3.63) is 45.7 Å². The summed E-state index contributed by atoms with van der Waals surface area (Å²) in [4.78, 5) is 23.0. The predicted octanol–water partition coefficient (Wildman–Crippen LogP) is 2.27. The van der Waals surface area contributed by atoms with Crippen LogP contribution in [-0.4, -0.2) is 17.8 Å². The normalized spacial score (nSPS) is 10.4. The molecule has 2 rings (SSSR count). The third-order valence-electron chi connectivity index (χ3n) is 2.23. The molecule has 5 heteroatoms. The van der Waals surface area contributed by atoms with Gasteiger partial charge in [0.2, 0.25) is 0 Å². The largest absolute Gasteiger partial charge is 0.452 e. The van der Waals surface area contributed by atoms with E-state index in [2.05, 4.69) is 4.74 Å². The van der Waals surface area contributed by atoms with E-state index in [1.807, 2.05) is 0 Å². The number of hydrogen-bond donors (Lipinski definition) is 0. The van der Waals surface area contributed by atoms with Crippen molar-refractivity contribution in [2.75, 3.05) is 7.11 Å². The lowest BCUT2D eigenvalue weighted by atomic mass is 10.2. The Morgan fingerprint density at radius 3 is 2.81 bits per heavy atom. The van der Waals surface area contributed by atoms with Crippen molar-refractivity contribution < 1.29 is 9.53 Å². The minimum Gasteiger partial charge on any atom is -0.452 e. The maximum atomic E-state index is 11.6. The van der Waals surface area contributed by atoms with E-state index in [4.69, 9.17) is 11.6 Å². The zero-order valence-electron chi connectivity index (χ0n) is 8.44. The molecule has 0 radical (unpaired) electrons. The van der Waals surface area contributed by atoms with Gasteiger partial charge in [-0.2, -0.15) is 0 Å². The lowest BCUT2D eigenvalue weighted by molar-refractivity contribution is 0.174. The minimum atomic E-state index is -0.549. The van der Waals surface area contributed by atoms with Crippen molar-refractivity contribution in [3.8, 4) is 0 Å². The van der Waals surface area contributed by atoms with E-state index >= 15 is 0 Å². The van der Waals surface area contributed by atoms with Crippen LogP contribution in [0.3, 0.4) is 0 Å². The molecule has 0 atom stereocenters. The van der Waals surface area contributed by atoms with E-state index in [0.717, 1.165) is 0 Å². The summed E-state index contributed by atoms with van der Waals surface area (Å²) in [6.07, 6.45) is 0.831. The summed E-state index contributed by atoms with van der Waals surface area (Å²) in [7, 11) is 1.28. The number of benzene rings is 1. The van der Waals surface area contributed by atoms with E-state index in [0.29, 0.717) is 15.9 Å². The number of aromatic nitrogens is 1. The molecular formula is C11H8ClNO3. The second-order valence-electron chi connectivity index (χ2n) is 3.18. The number of pyridine rings is 1. The zero-order chi connectivity index (χ0) is 11.7. The first-order valence-electron chi connectivity index (χ1n) is 4.53. The van der Waals surface area contributed by atoms with Crippen LogP contribution in [0.4, 0.5) is 4.79 Å². The minimum absolute atomic E-state index is 0.183. The molecule has 0 bridgehead atoms.